The van der Waals surface area contributed by atoms with Gasteiger partial charge in [-0.1, -0.05) is 18.0 Å². The fourth-order valence-electron chi connectivity index (χ4n) is 1.15. The maximum absolute atomic E-state index is 9.16. The second-order valence-corrected chi connectivity index (χ2v) is 6.21. The number of anilines is 1. The number of nitrogens with one attached hydrogen (secondary N) is 2. The van der Waals surface area contributed by atoms with Crippen LogP contribution in [0, 0.1) is 0 Å². The number of hydrogen-bond donors (Lipinski definition) is 3. The summed E-state index contributed by atoms with van der Waals surface area (Å²) in [5.41, 5.74) is 2.04. The van der Waals surface area contributed by atoms with Crippen molar-refractivity contribution in [2.45, 2.75) is 37.8 Å². The Hall–Kier alpha value is -0.620. The Morgan fingerprint density at radius 1 is 1.26 bits per heavy atom. The summed E-state index contributed by atoms with van der Waals surface area (Å²) in [6.07, 6.45) is 1.99. The zero-order valence-electron chi connectivity index (χ0n) is 12.1. The topological polar surface area (TPSA) is 44.3 Å². The molecular weight excluding hydrogens is 276 g/mol. The van der Waals surface area contributed by atoms with Crippen LogP contribution in [0.1, 0.15) is 26.3 Å². The molecule has 3 nitrogen and oxygen atoms in total. The molecule has 0 heterocycles. The van der Waals surface area contributed by atoms with Gasteiger partial charge in [0.05, 0.1) is 12.3 Å². The third-order valence-electron chi connectivity index (χ3n) is 1.91. The predicted octanol–water partition coefficient (Wildman–Crippen LogP) is 4.07. The molecule has 108 valence electrons. The fourth-order valence-corrected chi connectivity index (χ4v) is 2.47. The van der Waals surface area contributed by atoms with Crippen LogP contribution in [0.15, 0.2) is 36.3 Å². The molecule has 0 saturated heterocycles. The molecule has 19 heavy (non-hydrogen) atoms. The molecule has 0 bridgehead atoms. The van der Waals surface area contributed by atoms with Gasteiger partial charge in [0.1, 0.15) is 0 Å². The van der Waals surface area contributed by atoms with E-state index in [-0.39, 0.29) is 12.1 Å². The molecule has 0 aliphatic rings. The van der Waals surface area contributed by atoms with E-state index in [0.717, 1.165) is 16.1 Å². The monoisotopic (exact) mass is 300 g/mol. The molecule has 0 fully saturated rings. The van der Waals surface area contributed by atoms with Gasteiger partial charge in [0.15, 0.2) is 0 Å². The van der Waals surface area contributed by atoms with E-state index in [4.69, 9.17) is 5.11 Å². The molecule has 0 unspecified atom stereocenters. The normalized spacial score (nSPS) is 10.6. The number of aliphatic hydroxyl groups excluding tert-OH is 1. The predicted molar refractivity (Wildman–Crippen MR) is 89.5 cm³/mol. The van der Waals surface area contributed by atoms with E-state index in [0.29, 0.717) is 0 Å². The summed E-state index contributed by atoms with van der Waals surface area (Å²) in [4.78, 5) is 1.10. The van der Waals surface area contributed by atoms with Crippen molar-refractivity contribution in [3.05, 3.63) is 36.9 Å². The van der Waals surface area contributed by atoms with Crippen LogP contribution in [0.3, 0.4) is 0 Å². The summed E-state index contributed by atoms with van der Waals surface area (Å²) in [7, 11) is 0. The van der Waals surface area contributed by atoms with Crippen molar-refractivity contribution in [1.29, 1.82) is 0 Å². The van der Waals surface area contributed by atoms with Gasteiger partial charge in [-0.3, -0.25) is 4.72 Å². The van der Waals surface area contributed by atoms with E-state index in [9.17, 15) is 0 Å². The highest BCUT2D eigenvalue weighted by Crippen LogP contribution is 2.29. The van der Waals surface area contributed by atoms with Crippen LogP contribution in [0.5, 0.6) is 0 Å². The van der Waals surface area contributed by atoms with Gasteiger partial charge in [-0.15, -0.1) is 13.2 Å². The third-order valence-corrected chi connectivity index (χ3v) is 3.60. The first-order valence-corrected chi connectivity index (χ1v) is 7.97. The number of aliphatic hydroxyl groups is 1. The first-order valence-electron chi connectivity index (χ1n) is 5.93. The molecule has 0 spiro atoms. The van der Waals surface area contributed by atoms with Gasteiger partial charge >= 0.3 is 0 Å². The maximum atomic E-state index is 9.16. The average molecular weight is 300 g/mol. The average Bonchev–Trinajstić information content (AvgIpc) is 2.39. The quantitative estimate of drug-likeness (QED) is 0.565. The Balaban J connectivity index is 0.00000154. The zero-order valence-corrected chi connectivity index (χ0v) is 13.8. The van der Waals surface area contributed by atoms with Crippen molar-refractivity contribution < 1.29 is 5.11 Å². The van der Waals surface area contributed by atoms with Crippen LogP contribution in [-0.4, -0.2) is 16.9 Å². The molecule has 1 rings (SSSR count). The molecule has 0 amide bonds. The minimum atomic E-state index is 0.0521. The van der Waals surface area contributed by atoms with E-state index < -0.39 is 0 Å². The summed E-state index contributed by atoms with van der Waals surface area (Å²) in [6, 6.07) is 5.93. The molecule has 0 saturated carbocycles. The van der Waals surface area contributed by atoms with Crippen LogP contribution < -0.4 is 9.44 Å². The first kappa shape index (κ1) is 18.4. The number of hydrogen-bond acceptors (Lipinski definition) is 5. The van der Waals surface area contributed by atoms with Crippen molar-refractivity contribution in [3.8, 4) is 0 Å². The fraction of sp³-hybridized carbons (Fsp3) is 0.429. The van der Waals surface area contributed by atoms with Crippen molar-refractivity contribution >= 4 is 29.6 Å². The summed E-state index contributed by atoms with van der Waals surface area (Å²) in [5.74, 6) is 0. The van der Waals surface area contributed by atoms with Gasteiger partial charge in [0.2, 0.25) is 0 Å². The van der Waals surface area contributed by atoms with E-state index in [1.165, 1.54) is 0 Å². The minimum absolute atomic E-state index is 0.0521. The van der Waals surface area contributed by atoms with E-state index in [1.54, 1.807) is 23.9 Å². The second kappa shape index (κ2) is 9.31. The summed E-state index contributed by atoms with van der Waals surface area (Å²) in [5, 5.41) is 9.16. The lowest BCUT2D eigenvalue weighted by Gasteiger charge is -2.21. The van der Waals surface area contributed by atoms with Crippen LogP contribution in [-0.2, 0) is 6.61 Å². The molecule has 0 radical (unpaired) electrons. The first-order chi connectivity index (χ1) is 8.96. The summed E-state index contributed by atoms with van der Waals surface area (Å²) in [6.45, 7) is 12.4. The van der Waals surface area contributed by atoms with Crippen molar-refractivity contribution in [2.24, 2.45) is 0 Å². The molecular formula is C14H24N2OS2. The zero-order chi connectivity index (χ0) is 14.9. The second-order valence-electron chi connectivity index (χ2n) is 4.75. The van der Waals surface area contributed by atoms with Crippen LogP contribution in [0.25, 0.3) is 0 Å². The molecule has 1 aromatic rings. The van der Waals surface area contributed by atoms with E-state index in [2.05, 4.69) is 43.4 Å². The van der Waals surface area contributed by atoms with Crippen molar-refractivity contribution in [1.82, 2.24) is 4.72 Å². The van der Waals surface area contributed by atoms with Crippen molar-refractivity contribution in [2.75, 3.05) is 11.0 Å². The van der Waals surface area contributed by atoms with Gasteiger partial charge in [-0.2, -0.15) is 0 Å². The summed E-state index contributed by atoms with van der Waals surface area (Å²) < 4.78 is 6.61. The van der Waals surface area contributed by atoms with Crippen LogP contribution in [0.4, 0.5) is 5.69 Å². The van der Waals surface area contributed by atoms with Gasteiger partial charge < -0.3 is 9.83 Å². The molecule has 0 aliphatic carbocycles. The van der Waals surface area contributed by atoms with Crippen LogP contribution >= 0.6 is 23.9 Å². The molecule has 1 aromatic carbocycles. The van der Waals surface area contributed by atoms with Gasteiger partial charge in [-0.25, -0.2) is 0 Å². The lowest BCUT2D eigenvalue weighted by Crippen LogP contribution is -2.29. The molecule has 0 aliphatic heterocycles. The Labute approximate surface area is 125 Å². The van der Waals surface area contributed by atoms with E-state index in [1.807, 2.05) is 24.5 Å². The Kier molecular flexibility index (Phi) is 9.01. The smallest absolute Gasteiger partial charge is 0.0682 e. The Morgan fingerprint density at radius 3 is 2.37 bits per heavy atom. The third kappa shape index (κ3) is 7.52. The highest BCUT2D eigenvalue weighted by molar-refractivity contribution is 8.00. The van der Waals surface area contributed by atoms with Gasteiger partial charge in [-0.05, 0) is 50.4 Å². The van der Waals surface area contributed by atoms with Gasteiger partial charge in [0, 0.05) is 16.7 Å². The maximum Gasteiger partial charge on any atom is 0.0682 e. The minimum Gasteiger partial charge on any atom is -0.392 e. The number of benzene rings is 1. The van der Waals surface area contributed by atoms with E-state index >= 15 is 0 Å². The highest BCUT2D eigenvalue weighted by atomic mass is 32.2. The lowest BCUT2D eigenvalue weighted by molar-refractivity contribution is 0.281. The number of rotatable bonds is 5. The van der Waals surface area contributed by atoms with Crippen LogP contribution in [0.2, 0.25) is 0 Å². The Morgan fingerprint density at radius 2 is 1.89 bits per heavy atom. The molecule has 5 heteroatoms. The molecule has 3 N–H and O–H groups in total. The van der Waals surface area contributed by atoms with Gasteiger partial charge in [0.25, 0.3) is 0 Å². The standard InChI is InChI=1S/C12H20N2OS2.C2H4/c1-12(2,3)14-17-11-7-9(8-15)5-6-10(11)13-16-4;1-2/h5-7,13-15H,8H2,1-4H3;1-2H2. The summed E-state index contributed by atoms with van der Waals surface area (Å²) >= 11 is 3.15. The van der Waals surface area contributed by atoms with Crippen molar-refractivity contribution in [3.63, 3.8) is 0 Å². The largest absolute Gasteiger partial charge is 0.392 e. The molecule has 0 aromatic heterocycles. The SMILES string of the molecule is C=C.CSNc1ccc(CO)cc1SNC(C)(C)C. The highest BCUT2D eigenvalue weighted by Gasteiger charge is 2.11. The Bertz CT molecular complexity index is 378. The lowest BCUT2D eigenvalue weighted by atomic mass is 10.1. The molecule has 0 atom stereocenters.